The van der Waals surface area contributed by atoms with E-state index in [-0.39, 0.29) is 30.6 Å². The predicted octanol–water partition coefficient (Wildman–Crippen LogP) is 4.20. The number of aliphatic hydroxyl groups excluding tert-OH is 2. The molecule has 5 atom stereocenters. The highest BCUT2D eigenvalue weighted by atomic mass is 35.5. The highest BCUT2D eigenvalue weighted by Crippen LogP contribution is 2.31. The number of cyclic esters (lactones) is 1. The normalized spacial score (nSPS) is 32.1. The Morgan fingerprint density at radius 1 is 1.32 bits per heavy atom. The number of ketones is 1. The second kappa shape index (κ2) is 12.4. The van der Waals surface area contributed by atoms with Crippen LogP contribution in [0.25, 0.3) is 6.08 Å². The fourth-order valence-electron chi connectivity index (χ4n) is 3.65. The number of Topliss-reactive ketones (excluding diaryl/α,β-unsaturated/α-hetero) is 1. The number of ether oxygens (including phenoxy) is 2. The van der Waals surface area contributed by atoms with E-state index in [1.807, 2.05) is 0 Å². The van der Waals surface area contributed by atoms with Crippen molar-refractivity contribution in [2.75, 3.05) is 13.2 Å². The summed E-state index contributed by atoms with van der Waals surface area (Å²) in [5.41, 5.74) is -0.947. The lowest BCUT2D eigenvalue weighted by Gasteiger charge is -2.34. The molecule has 0 aliphatic carbocycles. The largest absolute Gasteiger partial charge is 0.455 e. The van der Waals surface area contributed by atoms with E-state index < -0.39 is 53.6 Å². The molecule has 190 valence electrons. The Labute approximate surface area is 208 Å². The molecule has 0 fully saturated rings. The minimum Gasteiger partial charge on any atom is -0.455 e. The Morgan fingerprint density at radius 2 is 2.00 bits per heavy atom. The van der Waals surface area contributed by atoms with Crippen molar-refractivity contribution in [3.05, 3.63) is 33.0 Å². The molecule has 0 unspecified atom stereocenters. The summed E-state index contributed by atoms with van der Waals surface area (Å²) in [5, 5.41) is 24.0. The second-order valence-electron chi connectivity index (χ2n) is 9.26. The SMILES string of the molecule is Cc1nc(/C=C(\F)[C@@H]2C/C=C(/Cl)COC[C@H](C)[C@H](O)[C@@H](C)C(=O)C(C)(C)[C@@H](O)CC(=O)O2)cs1. The third kappa shape index (κ3) is 7.68. The summed E-state index contributed by atoms with van der Waals surface area (Å²) in [5.74, 6) is -3.20. The van der Waals surface area contributed by atoms with Crippen LogP contribution in [0.5, 0.6) is 0 Å². The predicted molar refractivity (Wildman–Crippen MR) is 129 cm³/mol. The summed E-state index contributed by atoms with van der Waals surface area (Å²) in [4.78, 5) is 29.8. The van der Waals surface area contributed by atoms with E-state index in [1.165, 1.54) is 37.3 Å². The number of hydrogen-bond donors (Lipinski definition) is 2. The van der Waals surface area contributed by atoms with Crippen LogP contribution in [0.2, 0.25) is 0 Å². The molecule has 0 saturated heterocycles. The molecule has 1 aromatic heterocycles. The Bertz CT molecular complexity index is 930. The molecule has 1 aliphatic rings. The minimum absolute atomic E-state index is 0.0163. The van der Waals surface area contributed by atoms with Crippen LogP contribution in [0.15, 0.2) is 22.3 Å². The summed E-state index contributed by atoms with van der Waals surface area (Å²) in [6.45, 7) is 8.27. The van der Waals surface area contributed by atoms with Crippen LogP contribution >= 0.6 is 22.9 Å². The standard InChI is InChI=1S/C24H33ClFNO6S/c1-13-10-32-11-16(25)6-7-19(18(26)8-17-12-34-15(3)27-17)33-21(29)9-20(28)24(4,5)23(31)14(2)22(13)30/h6,8,12-14,19-20,22,28,30H,7,9-11H2,1-5H3/b16-6+,18-8-/t13-,14+,19-,20-,22-/m0/s1. The first kappa shape index (κ1) is 28.6. The lowest BCUT2D eigenvalue weighted by molar-refractivity contribution is -0.154. The van der Waals surface area contributed by atoms with Gasteiger partial charge in [0.1, 0.15) is 11.6 Å². The Kier molecular flexibility index (Phi) is 10.4. The topological polar surface area (TPSA) is 106 Å². The van der Waals surface area contributed by atoms with Gasteiger partial charge in [0.25, 0.3) is 0 Å². The second-order valence-corrected chi connectivity index (χ2v) is 10.8. The molecule has 10 heteroatoms. The van der Waals surface area contributed by atoms with Gasteiger partial charge in [-0.2, -0.15) is 0 Å². The van der Waals surface area contributed by atoms with E-state index >= 15 is 4.39 Å². The van der Waals surface area contributed by atoms with Crippen molar-refractivity contribution in [1.82, 2.24) is 4.98 Å². The molecule has 0 saturated carbocycles. The minimum atomic E-state index is -1.39. The van der Waals surface area contributed by atoms with Gasteiger partial charge >= 0.3 is 5.97 Å². The van der Waals surface area contributed by atoms with Gasteiger partial charge in [-0.1, -0.05) is 45.4 Å². The van der Waals surface area contributed by atoms with Crippen molar-refractivity contribution in [3.8, 4) is 0 Å². The van der Waals surface area contributed by atoms with E-state index in [0.29, 0.717) is 5.69 Å². The zero-order valence-electron chi connectivity index (χ0n) is 20.1. The fraction of sp³-hybridized carbons (Fsp3) is 0.625. The maximum Gasteiger partial charge on any atom is 0.309 e. The van der Waals surface area contributed by atoms with Gasteiger partial charge in [-0.25, -0.2) is 9.37 Å². The Morgan fingerprint density at radius 3 is 2.62 bits per heavy atom. The zero-order valence-corrected chi connectivity index (χ0v) is 21.7. The van der Waals surface area contributed by atoms with Gasteiger partial charge in [0.2, 0.25) is 0 Å². The molecule has 1 aliphatic heterocycles. The van der Waals surface area contributed by atoms with E-state index in [1.54, 1.807) is 26.2 Å². The number of aliphatic hydroxyl groups is 2. The molecule has 7 nitrogen and oxygen atoms in total. The Balaban J connectivity index is 2.33. The van der Waals surface area contributed by atoms with Crippen LogP contribution < -0.4 is 0 Å². The summed E-state index contributed by atoms with van der Waals surface area (Å²) in [7, 11) is 0. The number of esters is 1. The molecule has 2 N–H and O–H groups in total. The van der Waals surface area contributed by atoms with Crippen LogP contribution in [-0.2, 0) is 19.1 Å². The van der Waals surface area contributed by atoms with Gasteiger partial charge in [0.15, 0.2) is 6.10 Å². The maximum atomic E-state index is 15.0. The molecule has 2 heterocycles. The number of halogens is 2. The molecule has 0 aromatic carbocycles. The number of aryl methyl sites for hydroxylation is 1. The molecule has 1 aromatic rings. The summed E-state index contributed by atoms with van der Waals surface area (Å²) >= 11 is 7.56. The molecular formula is C24H33ClFNO6S. The van der Waals surface area contributed by atoms with Gasteiger partial charge in [0, 0.05) is 34.7 Å². The van der Waals surface area contributed by atoms with Gasteiger partial charge in [-0.3, -0.25) is 9.59 Å². The third-order valence-corrected chi connectivity index (χ3v) is 7.07. The van der Waals surface area contributed by atoms with Crippen molar-refractivity contribution >= 4 is 40.8 Å². The first-order valence-electron chi connectivity index (χ1n) is 11.1. The maximum absolute atomic E-state index is 15.0. The number of carbonyl (C=O) groups excluding carboxylic acids is 2. The monoisotopic (exact) mass is 517 g/mol. The van der Waals surface area contributed by atoms with Crippen molar-refractivity contribution in [3.63, 3.8) is 0 Å². The van der Waals surface area contributed by atoms with E-state index in [2.05, 4.69) is 4.98 Å². The third-order valence-electron chi connectivity index (χ3n) is 6.01. The number of rotatable bonds is 2. The molecule has 2 rings (SSSR count). The fourth-order valence-corrected chi connectivity index (χ4v) is 4.39. The molecule has 0 bridgehead atoms. The summed E-state index contributed by atoms with van der Waals surface area (Å²) < 4.78 is 25.9. The number of aromatic nitrogens is 1. The van der Waals surface area contributed by atoms with Crippen molar-refractivity contribution < 1.29 is 33.7 Å². The average molecular weight is 518 g/mol. The van der Waals surface area contributed by atoms with E-state index in [0.717, 1.165) is 5.01 Å². The molecule has 0 radical (unpaired) electrons. The van der Waals surface area contributed by atoms with Crippen molar-refractivity contribution in [1.29, 1.82) is 0 Å². The summed E-state index contributed by atoms with van der Waals surface area (Å²) in [6, 6.07) is 0. The average Bonchev–Trinajstić information content (AvgIpc) is 3.18. The van der Waals surface area contributed by atoms with E-state index in [4.69, 9.17) is 21.1 Å². The van der Waals surface area contributed by atoms with Crippen LogP contribution in [-0.4, -0.2) is 58.5 Å². The van der Waals surface area contributed by atoms with Crippen LogP contribution in [0, 0.1) is 24.2 Å². The van der Waals surface area contributed by atoms with Crippen molar-refractivity contribution in [2.45, 2.75) is 65.8 Å². The molecule has 0 amide bonds. The van der Waals surface area contributed by atoms with Gasteiger partial charge < -0.3 is 19.7 Å². The number of nitrogens with zero attached hydrogens (tertiary/aromatic N) is 1. The number of thiazole rings is 1. The highest BCUT2D eigenvalue weighted by Gasteiger charge is 2.42. The highest BCUT2D eigenvalue weighted by molar-refractivity contribution is 7.09. The first-order chi connectivity index (χ1) is 15.8. The lowest BCUT2D eigenvalue weighted by atomic mass is 9.73. The van der Waals surface area contributed by atoms with Crippen molar-refractivity contribution in [2.24, 2.45) is 17.3 Å². The molecule has 0 spiro atoms. The number of carbonyl (C=O) groups is 2. The zero-order chi connectivity index (χ0) is 25.6. The van der Waals surface area contributed by atoms with Gasteiger partial charge in [0.05, 0.1) is 48.0 Å². The van der Waals surface area contributed by atoms with E-state index in [9.17, 15) is 19.8 Å². The number of hydrogen-bond acceptors (Lipinski definition) is 8. The molecule has 34 heavy (non-hydrogen) atoms. The Hall–Kier alpha value is -1.65. The summed E-state index contributed by atoms with van der Waals surface area (Å²) in [6.07, 6.45) is -1.59. The smallest absolute Gasteiger partial charge is 0.309 e. The first-order valence-corrected chi connectivity index (χ1v) is 12.4. The lowest BCUT2D eigenvalue weighted by Crippen LogP contribution is -2.46. The van der Waals surface area contributed by atoms with Gasteiger partial charge in [-0.05, 0) is 6.92 Å². The van der Waals surface area contributed by atoms with Crippen LogP contribution in [0.4, 0.5) is 4.39 Å². The molecular weight excluding hydrogens is 485 g/mol. The quantitative estimate of drug-likeness (QED) is 0.566. The van der Waals surface area contributed by atoms with Crippen LogP contribution in [0.3, 0.4) is 0 Å². The van der Waals surface area contributed by atoms with Gasteiger partial charge in [-0.15, -0.1) is 11.3 Å². The van der Waals surface area contributed by atoms with Crippen LogP contribution in [0.1, 0.15) is 51.2 Å².